The number of carbonyl (C=O) groups excluding carboxylic acids is 1. The molecule has 5 nitrogen and oxygen atoms in total. The van der Waals surface area contributed by atoms with Gasteiger partial charge >= 0.3 is 0 Å². The van der Waals surface area contributed by atoms with Gasteiger partial charge in [-0.1, -0.05) is 6.07 Å². The Hall–Kier alpha value is -1.82. The van der Waals surface area contributed by atoms with Crippen LogP contribution in [0, 0.1) is 5.92 Å². The van der Waals surface area contributed by atoms with Crippen LogP contribution in [0.25, 0.3) is 0 Å². The lowest BCUT2D eigenvalue weighted by Crippen LogP contribution is -2.29. The van der Waals surface area contributed by atoms with E-state index in [1.165, 1.54) is 12.8 Å². The van der Waals surface area contributed by atoms with Crippen LogP contribution in [0.2, 0.25) is 0 Å². The molecule has 0 aliphatic heterocycles. The Morgan fingerprint density at radius 2 is 1.88 bits per heavy atom. The van der Waals surface area contributed by atoms with Gasteiger partial charge < -0.3 is 15.4 Å². The van der Waals surface area contributed by atoms with Crippen LogP contribution in [0.4, 0.5) is 5.69 Å². The molecule has 1 heterocycles. The van der Waals surface area contributed by atoms with Crippen molar-refractivity contribution in [2.75, 3.05) is 18.4 Å². The Bertz CT molecular complexity index is 637. The topological polar surface area (TPSA) is 63.2 Å². The number of nitrogens with zero attached hydrogens (tertiary/aromatic N) is 1. The monoisotopic (exact) mass is 369 g/mol. The molecule has 1 aromatic heterocycles. The fourth-order valence-electron chi connectivity index (χ4n) is 2.10. The number of hydrogen-bond donors (Lipinski definition) is 2. The van der Waals surface area contributed by atoms with E-state index in [9.17, 15) is 4.79 Å². The number of ether oxygens (including phenoxy) is 1. The minimum absolute atomic E-state index is 0. The summed E-state index contributed by atoms with van der Waals surface area (Å²) in [5.74, 6) is 2.12. The molecule has 2 aromatic rings. The second kappa shape index (κ2) is 10.1. The molecule has 0 atom stereocenters. The normalized spacial score (nSPS) is 12.5. The van der Waals surface area contributed by atoms with Crippen LogP contribution in [0.3, 0.4) is 0 Å². The number of rotatable bonds is 7. The highest BCUT2D eigenvalue weighted by Crippen LogP contribution is 2.27. The number of aromatic nitrogens is 1. The predicted molar refractivity (Wildman–Crippen MR) is 99.5 cm³/mol. The first-order valence-corrected chi connectivity index (χ1v) is 7.48. The summed E-state index contributed by atoms with van der Waals surface area (Å²) in [5.41, 5.74) is 0.727. The molecule has 0 saturated heterocycles. The lowest BCUT2D eigenvalue weighted by Gasteiger charge is -2.09. The molecule has 1 fully saturated rings. The lowest BCUT2D eigenvalue weighted by molar-refractivity contribution is -0.115. The van der Waals surface area contributed by atoms with E-state index in [0.717, 1.165) is 18.2 Å². The molecule has 130 valence electrons. The molecule has 24 heavy (non-hydrogen) atoms. The Balaban J connectivity index is 0.00000144. The first-order valence-electron chi connectivity index (χ1n) is 7.48. The average Bonchev–Trinajstić information content (AvgIpc) is 3.33. The van der Waals surface area contributed by atoms with Gasteiger partial charge in [0.2, 0.25) is 5.91 Å². The van der Waals surface area contributed by atoms with Gasteiger partial charge in [0.25, 0.3) is 0 Å². The minimum Gasteiger partial charge on any atom is -0.457 e. The number of hydrogen-bond acceptors (Lipinski definition) is 4. The van der Waals surface area contributed by atoms with Crippen LogP contribution < -0.4 is 15.4 Å². The van der Waals surface area contributed by atoms with Crippen molar-refractivity contribution in [3.63, 3.8) is 0 Å². The van der Waals surface area contributed by atoms with Crippen molar-refractivity contribution >= 4 is 36.4 Å². The van der Waals surface area contributed by atoms with Crippen molar-refractivity contribution in [3.05, 3.63) is 48.8 Å². The number of carbonyl (C=O) groups is 1. The zero-order chi connectivity index (χ0) is 15.2. The van der Waals surface area contributed by atoms with Crippen molar-refractivity contribution in [2.24, 2.45) is 5.92 Å². The standard InChI is InChI=1S/C17H19N3O2.2ClH/c21-17(12-19-11-13-4-5-13)20-14-2-1-3-16(10-14)22-15-6-8-18-9-7-15;;/h1-3,6-10,13,19H,4-5,11-12H2,(H,20,21);2*1H. The van der Waals surface area contributed by atoms with Gasteiger partial charge in [0.05, 0.1) is 6.54 Å². The highest BCUT2D eigenvalue weighted by molar-refractivity contribution is 5.92. The summed E-state index contributed by atoms with van der Waals surface area (Å²) in [6.07, 6.45) is 5.91. The van der Waals surface area contributed by atoms with E-state index < -0.39 is 0 Å². The maximum absolute atomic E-state index is 11.9. The Morgan fingerprint density at radius 1 is 1.12 bits per heavy atom. The fraction of sp³-hybridized carbons (Fsp3) is 0.294. The van der Waals surface area contributed by atoms with E-state index in [4.69, 9.17) is 4.74 Å². The minimum atomic E-state index is -0.0401. The van der Waals surface area contributed by atoms with Gasteiger partial charge in [0.15, 0.2) is 0 Å². The van der Waals surface area contributed by atoms with Gasteiger partial charge in [-0.25, -0.2) is 0 Å². The largest absolute Gasteiger partial charge is 0.457 e. The Labute approximate surface area is 154 Å². The van der Waals surface area contributed by atoms with E-state index in [0.29, 0.717) is 18.0 Å². The first kappa shape index (κ1) is 20.2. The van der Waals surface area contributed by atoms with Gasteiger partial charge in [-0.2, -0.15) is 0 Å². The zero-order valence-electron chi connectivity index (χ0n) is 13.1. The number of benzene rings is 1. The number of amides is 1. The quantitative estimate of drug-likeness (QED) is 0.781. The van der Waals surface area contributed by atoms with E-state index in [2.05, 4.69) is 15.6 Å². The molecule has 1 aliphatic carbocycles. The van der Waals surface area contributed by atoms with Crippen LogP contribution in [0.15, 0.2) is 48.8 Å². The number of halogens is 2. The molecule has 1 amide bonds. The fourth-order valence-corrected chi connectivity index (χ4v) is 2.10. The van der Waals surface area contributed by atoms with Gasteiger partial charge in [0.1, 0.15) is 11.5 Å². The molecule has 0 spiro atoms. The van der Waals surface area contributed by atoms with Gasteiger partial charge in [0, 0.05) is 24.1 Å². The van der Waals surface area contributed by atoms with Crippen molar-refractivity contribution in [2.45, 2.75) is 12.8 Å². The molecule has 0 unspecified atom stereocenters. The predicted octanol–water partition coefficient (Wildman–Crippen LogP) is 3.66. The van der Waals surface area contributed by atoms with E-state index in [1.807, 2.05) is 18.2 Å². The first-order chi connectivity index (χ1) is 10.8. The van der Waals surface area contributed by atoms with Gasteiger partial charge in [-0.3, -0.25) is 9.78 Å². The number of pyridine rings is 1. The van der Waals surface area contributed by atoms with Crippen molar-refractivity contribution in [1.29, 1.82) is 0 Å². The van der Waals surface area contributed by atoms with Crippen molar-refractivity contribution < 1.29 is 9.53 Å². The molecule has 0 bridgehead atoms. The molecule has 2 N–H and O–H groups in total. The molecule has 7 heteroatoms. The summed E-state index contributed by atoms with van der Waals surface area (Å²) in [6, 6.07) is 10.9. The van der Waals surface area contributed by atoms with E-state index >= 15 is 0 Å². The molecular formula is C17H21Cl2N3O2. The molecule has 1 aliphatic rings. The van der Waals surface area contributed by atoms with E-state index in [1.54, 1.807) is 30.6 Å². The lowest BCUT2D eigenvalue weighted by atomic mass is 10.3. The highest BCUT2D eigenvalue weighted by Gasteiger charge is 2.20. The summed E-state index contributed by atoms with van der Waals surface area (Å²) in [7, 11) is 0. The zero-order valence-corrected chi connectivity index (χ0v) is 14.7. The third-order valence-corrected chi connectivity index (χ3v) is 3.42. The van der Waals surface area contributed by atoms with Gasteiger partial charge in [-0.05, 0) is 49.6 Å². The summed E-state index contributed by atoms with van der Waals surface area (Å²) in [6.45, 7) is 1.27. The van der Waals surface area contributed by atoms with Gasteiger partial charge in [-0.15, -0.1) is 24.8 Å². The second-order valence-corrected chi connectivity index (χ2v) is 5.44. The Morgan fingerprint density at radius 3 is 2.58 bits per heavy atom. The van der Waals surface area contributed by atoms with Crippen LogP contribution in [0.5, 0.6) is 11.5 Å². The maximum Gasteiger partial charge on any atom is 0.238 e. The molecule has 0 radical (unpaired) electrons. The van der Waals surface area contributed by atoms with Crippen LogP contribution >= 0.6 is 24.8 Å². The second-order valence-electron chi connectivity index (χ2n) is 5.44. The van der Waals surface area contributed by atoms with Crippen molar-refractivity contribution in [3.8, 4) is 11.5 Å². The van der Waals surface area contributed by atoms with Crippen LogP contribution in [-0.4, -0.2) is 24.0 Å². The van der Waals surface area contributed by atoms with E-state index in [-0.39, 0.29) is 30.7 Å². The van der Waals surface area contributed by atoms with Crippen LogP contribution in [-0.2, 0) is 4.79 Å². The Kier molecular flexibility index (Phi) is 8.54. The third kappa shape index (κ3) is 6.74. The molecule has 1 aromatic carbocycles. The average molecular weight is 370 g/mol. The number of nitrogens with one attached hydrogen (secondary N) is 2. The SMILES string of the molecule is Cl.Cl.O=C(CNCC1CC1)Nc1cccc(Oc2ccncc2)c1. The highest BCUT2D eigenvalue weighted by atomic mass is 35.5. The smallest absolute Gasteiger partial charge is 0.238 e. The van der Waals surface area contributed by atoms with Crippen molar-refractivity contribution in [1.82, 2.24) is 10.3 Å². The maximum atomic E-state index is 11.9. The molecular weight excluding hydrogens is 349 g/mol. The summed E-state index contributed by atoms with van der Waals surface area (Å²) < 4.78 is 5.71. The third-order valence-electron chi connectivity index (χ3n) is 3.42. The molecule has 1 saturated carbocycles. The summed E-state index contributed by atoms with van der Waals surface area (Å²) in [5, 5.41) is 6.04. The number of anilines is 1. The molecule has 3 rings (SSSR count). The van der Waals surface area contributed by atoms with Crippen LogP contribution in [0.1, 0.15) is 12.8 Å². The summed E-state index contributed by atoms with van der Waals surface area (Å²) in [4.78, 5) is 15.8. The summed E-state index contributed by atoms with van der Waals surface area (Å²) >= 11 is 0.